The Morgan fingerprint density at radius 2 is 1.88 bits per heavy atom. The van der Waals surface area contributed by atoms with E-state index in [1.165, 1.54) is 6.92 Å². The van der Waals surface area contributed by atoms with Crippen molar-refractivity contribution in [2.75, 3.05) is 12.9 Å². The standard InChI is InChI=1S/C7H9F3O5S/c1-3-14-6(11)4-5(7(8,9)10)15-16(2,12)13/h4H,3H2,1-2H3. The van der Waals surface area contributed by atoms with Crippen molar-refractivity contribution in [3.05, 3.63) is 11.8 Å². The number of carbonyl (C=O) groups is 1. The minimum Gasteiger partial charge on any atom is -0.463 e. The van der Waals surface area contributed by atoms with E-state index in [1.807, 2.05) is 0 Å². The summed E-state index contributed by atoms with van der Waals surface area (Å²) in [5.74, 6) is -3.27. The second-order valence-electron chi connectivity index (χ2n) is 2.55. The highest BCUT2D eigenvalue weighted by Gasteiger charge is 2.39. The van der Waals surface area contributed by atoms with Crippen LogP contribution in [0.1, 0.15) is 6.92 Å². The quantitative estimate of drug-likeness (QED) is 0.327. The van der Waals surface area contributed by atoms with Crippen molar-refractivity contribution >= 4 is 16.1 Å². The molecule has 0 N–H and O–H groups in total. The summed E-state index contributed by atoms with van der Waals surface area (Å²) < 4.78 is 65.4. The molecule has 9 heteroatoms. The van der Waals surface area contributed by atoms with Gasteiger partial charge in [-0.05, 0) is 6.92 Å². The summed E-state index contributed by atoms with van der Waals surface area (Å²) in [7, 11) is -4.36. The molecule has 0 aliphatic rings. The fourth-order valence-corrected chi connectivity index (χ4v) is 1.08. The van der Waals surface area contributed by atoms with E-state index in [9.17, 15) is 26.4 Å². The monoisotopic (exact) mass is 262 g/mol. The number of ether oxygens (including phenoxy) is 1. The minimum atomic E-state index is -5.09. The molecular formula is C7H9F3O5S. The summed E-state index contributed by atoms with van der Waals surface area (Å²) >= 11 is 0. The van der Waals surface area contributed by atoms with Gasteiger partial charge in [0.15, 0.2) is 0 Å². The molecule has 0 heterocycles. The molecule has 0 rings (SSSR count). The van der Waals surface area contributed by atoms with Crippen LogP contribution in [0.25, 0.3) is 0 Å². The summed E-state index contributed by atoms with van der Waals surface area (Å²) in [6, 6.07) is 0. The van der Waals surface area contributed by atoms with Crippen LogP contribution in [0.3, 0.4) is 0 Å². The first-order valence-corrected chi connectivity index (χ1v) is 5.73. The molecule has 0 saturated carbocycles. The molecule has 5 nitrogen and oxygen atoms in total. The second-order valence-corrected chi connectivity index (χ2v) is 4.12. The number of rotatable bonds is 4. The fraction of sp³-hybridized carbons (Fsp3) is 0.571. The first-order valence-electron chi connectivity index (χ1n) is 3.91. The maximum absolute atomic E-state index is 12.2. The van der Waals surface area contributed by atoms with Crippen molar-refractivity contribution in [2.24, 2.45) is 0 Å². The van der Waals surface area contributed by atoms with Gasteiger partial charge >= 0.3 is 22.3 Å². The molecule has 0 bridgehead atoms. The van der Waals surface area contributed by atoms with Crippen LogP contribution in [0.15, 0.2) is 11.8 Å². The van der Waals surface area contributed by atoms with Gasteiger partial charge in [-0.2, -0.15) is 21.6 Å². The van der Waals surface area contributed by atoms with Gasteiger partial charge in [-0.15, -0.1) is 0 Å². The van der Waals surface area contributed by atoms with Gasteiger partial charge in [0.05, 0.1) is 18.9 Å². The molecule has 0 unspecified atom stereocenters. The zero-order valence-electron chi connectivity index (χ0n) is 8.37. The van der Waals surface area contributed by atoms with E-state index in [0.717, 1.165) is 0 Å². The SMILES string of the molecule is CCOC(=O)C=C(OS(C)(=O)=O)C(F)(F)F. The van der Waals surface area contributed by atoms with Crippen molar-refractivity contribution in [1.29, 1.82) is 0 Å². The zero-order valence-corrected chi connectivity index (χ0v) is 9.18. The van der Waals surface area contributed by atoms with E-state index in [2.05, 4.69) is 8.92 Å². The van der Waals surface area contributed by atoms with Crippen LogP contribution in [0.4, 0.5) is 13.2 Å². The van der Waals surface area contributed by atoms with Gasteiger partial charge in [0.1, 0.15) is 0 Å². The lowest BCUT2D eigenvalue weighted by molar-refractivity contribution is -0.140. The van der Waals surface area contributed by atoms with Crippen molar-refractivity contribution in [2.45, 2.75) is 13.1 Å². The fourth-order valence-electron chi connectivity index (χ4n) is 0.607. The first kappa shape index (κ1) is 14.8. The Kier molecular flexibility index (Phi) is 4.79. The molecule has 0 aliphatic carbocycles. The number of hydrogen-bond donors (Lipinski definition) is 0. The molecule has 0 amide bonds. The lowest BCUT2D eigenvalue weighted by atomic mass is 10.4. The van der Waals surface area contributed by atoms with Crippen LogP contribution in [0.2, 0.25) is 0 Å². The van der Waals surface area contributed by atoms with E-state index < -0.39 is 28.0 Å². The lowest BCUT2D eigenvalue weighted by Gasteiger charge is -2.10. The van der Waals surface area contributed by atoms with Gasteiger partial charge in [0.25, 0.3) is 0 Å². The number of allylic oxidation sites excluding steroid dienone is 1. The Morgan fingerprint density at radius 1 is 1.38 bits per heavy atom. The van der Waals surface area contributed by atoms with E-state index in [4.69, 9.17) is 0 Å². The van der Waals surface area contributed by atoms with Gasteiger partial charge in [-0.1, -0.05) is 0 Å². The summed E-state index contributed by atoms with van der Waals surface area (Å²) in [6.07, 6.45) is -4.72. The summed E-state index contributed by atoms with van der Waals surface area (Å²) in [6.45, 7) is 1.25. The highest BCUT2D eigenvalue weighted by molar-refractivity contribution is 7.86. The number of esters is 1. The van der Waals surface area contributed by atoms with Crippen molar-refractivity contribution in [3.63, 3.8) is 0 Å². The molecule has 0 radical (unpaired) electrons. The predicted molar refractivity (Wildman–Crippen MR) is 46.7 cm³/mol. The first-order chi connectivity index (χ1) is 7.06. The van der Waals surface area contributed by atoms with Crippen LogP contribution in [0, 0.1) is 0 Å². The van der Waals surface area contributed by atoms with Crippen LogP contribution in [0.5, 0.6) is 0 Å². The van der Waals surface area contributed by atoms with Crippen molar-refractivity contribution in [1.82, 2.24) is 0 Å². The molecule has 0 spiro atoms. The summed E-state index contributed by atoms with van der Waals surface area (Å²) in [5, 5.41) is 0. The number of alkyl halides is 3. The van der Waals surface area contributed by atoms with E-state index >= 15 is 0 Å². The van der Waals surface area contributed by atoms with E-state index in [1.54, 1.807) is 0 Å². The van der Waals surface area contributed by atoms with Crippen LogP contribution in [-0.2, 0) is 23.8 Å². The molecule has 0 aromatic rings. The third-order valence-electron chi connectivity index (χ3n) is 1.06. The van der Waals surface area contributed by atoms with Crippen molar-refractivity contribution in [3.8, 4) is 0 Å². The maximum Gasteiger partial charge on any atom is 0.450 e. The largest absolute Gasteiger partial charge is 0.463 e. The maximum atomic E-state index is 12.2. The van der Waals surface area contributed by atoms with Gasteiger partial charge < -0.3 is 8.92 Å². The van der Waals surface area contributed by atoms with Gasteiger partial charge in [0, 0.05) is 0 Å². The molecule has 0 fully saturated rings. The topological polar surface area (TPSA) is 69.7 Å². The molecule has 0 atom stereocenters. The Bertz CT molecular complexity index is 381. The van der Waals surface area contributed by atoms with Crippen molar-refractivity contribution < 1.29 is 35.3 Å². The smallest absolute Gasteiger partial charge is 0.450 e. The third kappa shape index (κ3) is 6.27. The average Bonchev–Trinajstić information content (AvgIpc) is 1.98. The Morgan fingerprint density at radius 3 is 2.19 bits per heavy atom. The molecule has 0 aromatic carbocycles. The number of hydrogen-bond acceptors (Lipinski definition) is 5. The Balaban J connectivity index is 5.04. The predicted octanol–water partition coefficient (Wildman–Crippen LogP) is 0.972. The second kappa shape index (κ2) is 5.19. The average molecular weight is 262 g/mol. The van der Waals surface area contributed by atoms with Crippen LogP contribution in [-0.4, -0.2) is 33.4 Å². The summed E-state index contributed by atoms with van der Waals surface area (Å²) in [4.78, 5) is 10.7. The zero-order chi connectivity index (χ0) is 13.0. The molecule has 16 heavy (non-hydrogen) atoms. The van der Waals surface area contributed by atoms with E-state index in [-0.39, 0.29) is 12.7 Å². The third-order valence-corrected chi connectivity index (χ3v) is 1.54. The minimum absolute atomic E-state index is 0.0649. The highest BCUT2D eigenvalue weighted by Crippen LogP contribution is 2.27. The Hall–Kier alpha value is -1.25. The molecule has 0 aliphatic heterocycles. The molecule has 0 aromatic heterocycles. The van der Waals surface area contributed by atoms with Gasteiger partial charge in [0.2, 0.25) is 5.76 Å². The van der Waals surface area contributed by atoms with Crippen LogP contribution >= 0.6 is 0 Å². The molecule has 94 valence electrons. The van der Waals surface area contributed by atoms with E-state index in [0.29, 0.717) is 6.26 Å². The lowest BCUT2D eigenvalue weighted by Crippen LogP contribution is -2.19. The van der Waals surface area contributed by atoms with Crippen LogP contribution < -0.4 is 0 Å². The van der Waals surface area contributed by atoms with Gasteiger partial charge in [-0.25, -0.2) is 4.79 Å². The molecule has 0 saturated heterocycles. The molecular weight excluding hydrogens is 253 g/mol. The normalized spacial score (nSPS) is 13.4. The summed E-state index contributed by atoms with van der Waals surface area (Å²) in [5.41, 5.74) is 0. The number of halogens is 3. The highest BCUT2D eigenvalue weighted by atomic mass is 32.2. The Labute approximate surface area is 90.0 Å². The van der Waals surface area contributed by atoms with Gasteiger partial charge in [-0.3, -0.25) is 0 Å². The number of carbonyl (C=O) groups excluding carboxylic acids is 1.